The molecule has 3 aromatic carbocycles. The number of esters is 1. The van der Waals surface area contributed by atoms with Crippen molar-refractivity contribution in [3.8, 4) is 17.2 Å². The predicted molar refractivity (Wildman–Crippen MR) is 115 cm³/mol. The molecule has 0 aliphatic carbocycles. The number of hydrogen-bond acceptors (Lipinski definition) is 5. The van der Waals surface area contributed by atoms with Gasteiger partial charge in [-0.05, 0) is 67.1 Å². The summed E-state index contributed by atoms with van der Waals surface area (Å²) in [4.78, 5) is 25.1. The standard InChI is InChI=1S/C26H17FO5/c1-15-18(12-17-4-2-3-5-22(17)30-15)13-24-25(28)21-11-10-20(14-23(21)32-24)31-26(29)16-6-8-19(27)9-7-16/h2-15H,1H3/t15-/m1/s1. The van der Waals surface area contributed by atoms with Crippen LogP contribution in [-0.2, 0) is 0 Å². The van der Waals surface area contributed by atoms with Crippen molar-refractivity contribution in [1.29, 1.82) is 0 Å². The quantitative estimate of drug-likeness (QED) is 0.319. The van der Waals surface area contributed by atoms with E-state index in [4.69, 9.17) is 14.2 Å². The van der Waals surface area contributed by atoms with Crippen molar-refractivity contribution >= 4 is 17.8 Å². The van der Waals surface area contributed by atoms with Gasteiger partial charge in [0.05, 0.1) is 11.1 Å². The zero-order valence-electron chi connectivity index (χ0n) is 17.0. The molecule has 0 unspecified atom stereocenters. The minimum Gasteiger partial charge on any atom is -0.485 e. The molecule has 5 nitrogen and oxygen atoms in total. The summed E-state index contributed by atoms with van der Waals surface area (Å²) < 4.78 is 30.1. The highest BCUT2D eigenvalue weighted by Crippen LogP contribution is 2.36. The molecule has 2 aliphatic heterocycles. The first-order valence-corrected chi connectivity index (χ1v) is 10.0. The summed E-state index contributed by atoms with van der Waals surface area (Å²) in [6.45, 7) is 1.90. The lowest BCUT2D eigenvalue weighted by Crippen LogP contribution is -2.18. The molecule has 0 fully saturated rings. The van der Waals surface area contributed by atoms with Crippen molar-refractivity contribution < 1.29 is 28.2 Å². The summed E-state index contributed by atoms with van der Waals surface area (Å²) in [5.74, 6) is 0.137. The molecule has 0 saturated heterocycles. The number of carbonyl (C=O) groups excluding carboxylic acids is 2. The number of benzene rings is 3. The third kappa shape index (κ3) is 3.67. The fourth-order valence-electron chi connectivity index (χ4n) is 3.56. The van der Waals surface area contributed by atoms with Crippen LogP contribution in [0, 0.1) is 5.82 Å². The first-order valence-electron chi connectivity index (χ1n) is 10.0. The van der Waals surface area contributed by atoms with Gasteiger partial charge in [-0.1, -0.05) is 18.2 Å². The Morgan fingerprint density at radius 3 is 2.62 bits per heavy atom. The van der Waals surface area contributed by atoms with Crippen molar-refractivity contribution in [2.24, 2.45) is 0 Å². The first kappa shape index (κ1) is 19.8. The monoisotopic (exact) mass is 428 g/mol. The molecule has 3 aromatic rings. The zero-order chi connectivity index (χ0) is 22.2. The SMILES string of the molecule is C[C@H]1Oc2ccccc2C=C1C=C1Oc2cc(OC(=O)c3ccc(F)cc3)ccc2C1=O. The largest absolute Gasteiger partial charge is 0.485 e. The molecule has 2 heterocycles. The lowest BCUT2D eigenvalue weighted by Gasteiger charge is -2.22. The van der Waals surface area contributed by atoms with E-state index in [9.17, 15) is 14.0 Å². The van der Waals surface area contributed by atoms with Crippen LogP contribution in [0.1, 0.15) is 33.2 Å². The maximum absolute atomic E-state index is 13.0. The average Bonchev–Trinajstić information content (AvgIpc) is 3.09. The molecular weight excluding hydrogens is 411 g/mol. The van der Waals surface area contributed by atoms with Gasteiger partial charge in [0.1, 0.15) is 29.2 Å². The second-order valence-electron chi connectivity index (χ2n) is 7.44. The van der Waals surface area contributed by atoms with Crippen molar-refractivity contribution in [2.45, 2.75) is 13.0 Å². The third-order valence-corrected chi connectivity index (χ3v) is 5.24. The fourth-order valence-corrected chi connectivity index (χ4v) is 3.56. The summed E-state index contributed by atoms with van der Waals surface area (Å²) in [6, 6.07) is 17.3. The number of hydrogen-bond donors (Lipinski definition) is 0. The molecule has 0 saturated carbocycles. The number of allylic oxidation sites excluding steroid dienone is 1. The lowest BCUT2D eigenvalue weighted by atomic mass is 10.0. The van der Waals surface area contributed by atoms with Gasteiger partial charge < -0.3 is 14.2 Å². The third-order valence-electron chi connectivity index (χ3n) is 5.24. The summed E-state index contributed by atoms with van der Waals surface area (Å²) >= 11 is 0. The second-order valence-corrected chi connectivity index (χ2v) is 7.44. The average molecular weight is 428 g/mol. The molecule has 0 spiro atoms. The molecule has 0 bridgehead atoms. The van der Waals surface area contributed by atoms with E-state index in [1.165, 1.54) is 36.4 Å². The van der Waals surface area contributed by atoms with Gasteiger partial charge in [-0.15, -0.1) is 0 Å². The molecular formula is C26H17FO5. The van der Waals surface area contributed by atoms with E-state index in [0.717, 1.165) is 16.9 Å². The van der Waals surface area contributed by atoms with Crippen molar-refractivity contribution in [2.75, 3.05) is 0 Å². The Labute approximate surface area is 183 Å². The number of halogens is 1. The minimum absolute atomic E-state index is 0.170. The van der Waals surface area contributed by atoms with E-state index in [0.29, 0.717) is 11.3 Å². The summed E-state index contributed by atoms with van der Waals surface area (Å²) in [7, 11) is 0. The highest BCUT2D eigenvalue weighted by atomic mass is 19.1. The molecule has 0 amide bonds. The Kier molecular flexibility index (Phi) is 4.82. The topological polar surface area (TPSA) is 61.8 Å². The van der Waals surface area contributed by atoms with Crippen molar-refractivity contribution in [1.82, 2.24) is 0 Å². The van der Waals surface area contributed by atoms with Crippen LogP contribution in [0.3, 0.4) is 0 Å². The highest BCUT2D eigenvalue weighted by Gasteiger charge is 2.29. The van der Waals surface area contributed by atoms with Gasteiger partial charge in [0.15, 0.2) is 5.76 Å². The smallest absolute Gasteiger partial charge is 0.343 e. The van der Waals surface area contributed by atoms with Crippen LogP contribution < -0.4 is 14.2 Å². The van der Waals surface area contributed by atoms with E-state index < -0.39 is 11.8 Å². The Hall–Kier alpha value is -4.19. The molecule has 2 aliphatic rings. The van der Waals surface area contributed by atoms with Crippen molar-refractivity contribution in [3.05, 3.63) is 107 Å². The number of fused-ring (bicyclic) bond motifs is 2. The van der Waals surface area contributed by atoms with Gasteiger partial charge in [-0.25, -0.2) is 9.18 Å². The molecule has 6 heteroatoms. The molecule has 0 aromatic heterocycles. The normalized spacial score (nSPS) is 17.7. The van der Waals surface area contributed by atoms with Crippen LogP contribution in [0.5, 0.6) is 17.2 Å². The summed E-state index contributed by atoms with van der Waals surface area (Å²) in [5.41, 5.74) is 2.32. The van der Waals surface area contributed by atoms with Gasteiger partial charge in [-0.2, -0.15) is 0 Å². The predicted octanol–water partition coefficient (Wildman–Crippen LogP) is 5.37. The maximum Gasteiger partial charge on any atom is 0.343 e. The number of ether oxygens (including phenoxy) is 3. The Morgan fingerprint density at radius 2 is 1.81 bits per heavy atom. The van der Waals surface area contributed by atoms with Gasteiger partial charge in [0, 0.05) is 11.6 Å². The van der Waals surface area contributed by atoms with Crippen LogP contribution in [0.15, 0.2) is 84.1 Å². The van der Waals surface area contributed by atoms with Crippen LogP contribution in [0.4, 0.5) is 4.39 Å². The van der Waals surface area contributed by atoms with Crippen molar-refractivity contribution in [3.63, 3.8) is 0 Å². The molecule has 1 atom stereocenters. The molecule has 0 radical (unpaired) electrons. The first-order chi connectivity index (χ1) is 15.5. The van der Waals surface area contributed by atoms with E-state index in [1.807, 2.05) is 37.3 Å². The van der Waals surface area contributed by atoms with Gasteiger partial charge in [0.2, 0.25) is 5.78 Å². The summed E-state index contributed by atoms with van der Waals surface area (Å²) in [5, 5.41) is 0. The number of ketones is 1. The van der Waals surface area contributed by atoms with Gasteiger partial charge in [0.25, 0.3) is 0 Å². The second kappa shape index (κ2) is 7.81. The lowest BCUT2D eigenvalue weighted by molar-refractivity contribution is 0.0734. The van der Waals surface area contributed by atoms with E-state index in [2.05, 4.69) is 0 Å². The summed E-state index contributed by atoms with van der Waals surface area (Å²) in [6.07, 6.45) is 3.39. The van der Waals surface area contributed by atoms with E-state index in [-0.39, 0.29) is 29.0 Å². The molecule has 5 rings (SSSR count). The Bertz CT molecular complexity index is 1300. The number of carbonyl (C=O) groups is 2. The fraction of sp³-hybridized carbons (Fsp3) is 0.0769. The van der Waals surface area contributed by atoms with Gasteiger partial charge in [-0.3, -0.25) is 4.79 Å². The minimum atomic E-state index is -0.637. The zero-order valence-corrected chi connectivity index (χ0v) is 17.0. The Morgan fingerprint density at radius 1 is 1.03 bits per heavy atom. The maximum atomic E-state index is 13.0. The van der Waals surface area contributed by atoms with E-state index in [1.54, 1.807) is 12.1 Å². The number of para-hydroxylation sites is 1. The Balaban J connectivity index is 1.38. The van der Waals surface area contributed by atoms with Crippen LogP contribution in [0.25, 0.3) is 6.08 Å². The van der Waals surface area contributed by atoms with Crippen LogP contribution in [0.2, 0.25) is 0 Å². The highest BCUT2D eigenvalue weighted by molar-refractivity contribution is 6.12. The van der Waals surface area contributed by atoms with Gasteiger partial charge >= 0.3 is 5.97 Å². The van der Waals surface area contributed by atoms with Crippen LogP contribution in [-0.4, -0.2) is 17.9 Å². The molecule has 0 N–H and O–H groups in total. The van der Waals surface area contributed by atoms with Crippen LogP contribution >= 0.6 is 0 Å². The number of rotatable bonds is 3. The van der Waals surface area contributed by atoms with E-state index >= 15 is 0 Å². The molecule has 32 heavy (non-hydrogen) atoms. The molecule has 158 valence electrons. The number of Topliss-reactive ketones (excluding diaryl/α,β-unsaturated/α-hetero) is 1.